The first-order valence-electron chi connectivity index (χ1n) is 5.19. The van der Waals surface area contributed by atoms with Gasteiger partial charge in [0.2, 0.25) is 0 Å². The van der Waals surface area contributed by atoms with E-state index in [2.05, 4.69) is 10.2 Å². The van der Waals surface area contributed by atoms with Crippen molar-refractivity contribution < 1.29 is 19.0 Å². The highest BCUT2D eigenvalue weighted by Gasteiger charge is 2.13. The molecule has 2 rings (SSSR count). The molecular formula is C12H11FN2O3. The van der Waals surface area contributed by atoms with Crippen LogP contribution in [0, 0.1) is 5.82 Å². The van der Waals surface area contributed by atoms with Crippen LogP contribution in [0.5, 0.6) is 5.75 Å². The molecule has 0 unspecified atom stereocenters. The molecular weight excluding hydrogens is 239 g/mol. The van der Waals surface area contributed by atoms with Gasteiger partial charge < -0.3 is 9.84 Å². The van der Waals surface area contributed by atoms with Gasteiger partial charge in [-0.15, -0.1) is 0 Å². The predicted molar refractivity (Wildman–Crippen MR) is 61.9 cm³/mol. The Morgan fingerprint density at radius 2 is 2.33 bits per heavy atom. The van der Waals surface area contributed by atoms with Crippen LogP contribution in [0.4, 0.5) is 4.39 Å². The van der Waals surface area contributed by atoms with Crippen molar-refractivity contribution in [2.45, 2.75) is 6.42 Å². The molecule has 0 aliphatic carbocycles. The maximum Gasteiger partial charge on any atom is 0.309 e. The fraction of sp³-hybridized carbons (Fsp3) is 0.167. The van der Waals surface area contributed by atoms with Gasteiger partial charge in [-0.2, -0.15) is 5.10 Å². The molecule has 1 heterocycles. The van der Waals surface area contributed by atoms with Gasteiger partial charge in [0.25, 0.3) is 0 Å². The number of aromatic amines is 1. The van der Waals surface area contributed by atoms with Crippen LogP contribution in [-0.4, -0.2) is 28.4 Å². The molecule has 0 fully saturated rings. The number of nitrogens with zero attached hydrogens (tertiary/aromatic N) is 1. The van der Waals surface area contributed by atoms with E-state index in [1.54, 1.807) is 6.07 Å². The molecule has 0 saturated carbocycles. The third kappa shape index (κ3) is 2.32. The Morgan fingerprint density at radius 1 is 1.56 bits per heavy atom. The molecule has 1 aromatic carbocycles. The molecule has 0 atom stereocenters. The summed E-state index contributed by atoms with van der Waals surface area (Å²) >= 11 is 0. The first-order chi connectivity index (χ1) is 8.61. The third-order valence-electron chi connectivity index (χ3n) is 2.51. The van der Waals surface area contributed by atoms with E-state index in [-0.39, 0.29) is 12.2 Å². The van der Waals surface area contributed by atoms with Crippen LogP contribution < -0.4 is 4.74 Å². The fourth-order valence-electron chi connectivity index (χ4n) is 1.68. The smallest absolute Gasteiger partial charge is 0.309 e. The van der Waals surface area contributed by atoms with Gasteiger partial charge in [0.15, 0.2) is 11.6 Å². The Labute approximate surface area is 102 Å². The molecule has 0 aliphatic heterocycles. The average Bonchev–Trinajstić information content (AvgIpc) is 2.76. The van der Waals surface area contributed by atoms with E-state index in [1.807, 2.05) is 0 Å². The van der Waals surface area contributed by atoms with Crippen molar-refractivity contribution in [1.29, 1.82) is 0 Å². The highest BCUT2D eigenvalue weighted by molar-refractivity contribution is 5.75. The Kier molecular flexibility index (Phi) is 3.27. The summed E-state index contributed by atoms with van der Waals surface area (Å²) < 4.78 is 18.4. The van der Waals surface area contributed by atoms with Crippen molar-refractivity contribution in [3.8, 4) is 16.9 Å². The first-order valence-corrected chi connectivity index (χ1v) is 5.19. The number of methoxy groups -OCH3 is 1. The molecule has 6 heteroatoms. The van der Waals surface area contributed by atoms with Crippen LogP contribution in [0.2, 0.25) is 0 Å². The monoisotopic (exact) mass is 250 g/mol. The number of halogens is 1. The fourth-order valence-corrected chi connectivity index (χ4v) is 1.68. The van der Waals surface area contributed by atoms with E-state index < -0.39 is 11.8 Å². The van der Waals surface area contributed by atoms with Crippen LogP contribution in [0.1, 0.15) is 5.69 Å². The van der Waals surface area contributed by atoms with E-state index >= 15 is 0 Å². The Bertz CT molecular complexity index is 580. The van der Waals surface area contributed by atoms with Crippen molar-refractivity contribution in [2.24, 2.45) is 0 Å². The largest absolute Gasteiger partial charge is 0.494 e. The van der Waals surface area contributed by atoms with Gasteiger partial charge in [0, 0.05) is 5.56 Å². The minimum atomic E-state index is -0.977. The van der Waals surface area contributed by atoms with Crippen molar-refractivity contribution >= 4 is 5.97 Å². The van der Waals surface area contributed by atoms with Gasteiger partial charge in [-0.05, 0) is 17.7 Å². The topological polar surface area (TPSA) is 75.2 Å². The highest BCUT2D eigenvalue weighted by atomic mass is 19.1. The predicted octanol–water partition coefficient (Wildman–Crippen LogP) is 1.85. The molecule has 18 heavy (non-hydrogen) atoms. The highest BCUT2D eigenvalue weighted by Crippen LogP contribution is 2.27. The number of hydrogen-bond donors (Lipinski definition) is 2. The lowest BCUT2D eigenvalue weighted by Gasteiger charge is -2.05. The summed E-state index contributed by atoms with van der Waals surface area (Å²) in [6.45, 7) is 0. The van der Waals surface area contributed by atoms with E-state index in [9.17, 15) is 9.18 Å². The number of aliphatic carboxylic acids is 1. The van der Waals surface area contributed by atoms with Crippen LogP contribution >= 0.6 is 0 Å². The molecule has 5 nitrogen and oxygen atoms in total. The molecule has 94 valence electrons. The summed E-state index contributed by atoms with van der Waals surface area (Å²) in [5.41, 5.74) is 1.56. The Hall–Kier alpha value is -2.37. The molecule has 0 amide bonds. The van der Waals surface area contributed by atoms with Crippen LogP contribution in [-0.2, 0) is 11.2 Å². The van der Waals surface area contributed by atoms with E-state index in [0.29, 0.717) is 16.8 Å². The lowest BCUT2D eigenvalue weighted by atomic mass is 10.0. The molecule has 0 radical (unpaired) electrons. The molecule has 0 spiro atoms. The zero-order chi connectivity index (χ0) is 13.1. The van der Waals surface area contributed by atoms with Gasteiger partial charge >= 0.3 is 5.97 Å². The summed E-state index contributed by atoms with van der Waals surface area (Å²) in [5, 5.41) is 15.1. The Balaban J connectivity index is 2.40. The van der Waals surface area contributed by atoms with Crippen LogP contribution in [0.25, 0.3) is 11.1 Å². The average molecular weight is 250 g/mol. The van der Waals surface area contributed by atoms with Crippen molar-refractivity contribution in [2.75, 3.05) is 7.11 Å². The molecule has 0 bridgehead atoms. The van der Waals surface area contributed by atoms with Gasteiger partial charge in [-0.1, -0.05) is 6.07 Å². The minimum Gasteiger partial charge on any atom is -0.494 e. The van der Waals surface area contributed by atoms with Crippen molar-refractivity contribution in [3.63, 3.8) is 0 Å². The number of carboxylic acids is 1. The number of nitrogens with one attached hydrogen (secondary N) is 1. The van der Waals surface area contributed by atoms with Gasteiger partial charge in [-0.3, -0.25) is 9.89 Å². The van der Waals surface area contributed by atoms with E-state index in [0.717, 1.165) is 0 Å². The normalized spacial score (nSPS) is 10.3. The van der Waals surface area contributed by atoms with Gasteiger partial charge in [-0.25, -0.2) is 4.39 Å². The van der Waals surface area contributed by atoms with Crippen molar-refractivity contribution in [3.05, 3.63) is 35.9 Å². The summed E-state index contributed by atoms with van der Waals surface area (Å²) in [6.07, 6.45) is 1.28. The molecule has 2 N–H and O–H groups in total. The van der Waals surface area contributed by atoms with E-state index in [1.165, 1.54) is 25.4 Å². The lowest BCUT2D eigenvalue weighted by molar-refractivity contribution is -0.136. The zero-order valence-corrected chi connectivity index (χ0v) is 9.61. The summed E-state index contributed by atoms with van der Waals surface area (Å²) in [7, 11) is 1.38. The first kappa shape index (κ1) is 12.1. The summed E-state index contributed by atoms with van der Waals surface area (Å²) in [5.74, 6) is -1.34. The number of hydrogen-bond acceptors (Lipinski definition) is 3. The zero-order valence-electron chi connectivity index (χ0n) is 9.61. The number of carboxylic acid groups (broad SMARTS) is 1. The number of aromatic nitrogens is 2. The Morgan fingerprint density at radius 3 is 2.94 bits per heavy atom. The molecule has 0 saturated heterocycles. The quantitative estimate of drug-likeness (QED) is 0.868. The number of ether oxygens (including phenoxy) is 1. The SMILES string of the molecule is COc1ccc(-c2cn[nH]c2CC(=O)O)cc1F. The second-order valence-electron chi connectivity index (χ2n) is 3.68. The number of rotatable bonds is 4. The second kappa shape index (κ2) is 4.87. The van der Waals surface area contributed by atoms with Crippen molar-refractivity contribution in [1.82, 2.24) is 10.2 Å². The summed E-state index contributed by atoms with van der Waals surface area (Å²) in [6, 6.07) is 4.43. The second-order valence-corrected chi connectivity index (χ2v) is 3.68. The molecule has 1 aromatic heterocycles. The standard InChI is InChI=1S/C12H11FN2O3/c1-18-11-3-2-7(4-9(11)13)8-6-14-15-10(8)5-12(16)17/h2-4,6H,5H2,1H3,(H,14,15)(H,16,17). The number of benzene rings is 1. The van der Waals surface area contributed by atoms with Crippen LogP contribution in [0.15, 0.2) is 24.4 Å². The maximum atomic E-state index is 13.6. The summed E-state index contributed by atoms with van der Waals surface area (Å²) in [4.78, 5) is 10.7. The van der Waals surface area contributed by atoms with E-state index in [4.69, 9.17) is 9.84 Å². The maximum absolute atomic E-state index is 13.6. The number of H-pyrrole nitrogens is 1. The minimum absolute atomic E-state index is 0.141. The van der Waals surface area contributed by atoms with Crippen LogP contribution in [0.3, 0.4) is 0 Å². The lowest BCUT2D eigenvalue weighted by Crippen LogP contribution is -2.01. The van der Waals surface area contributed by atoms with Gasteiger partial charge in [0.05, 0.1) is 25.4 Å². The molecule has 0 aliphatic rings. The van der Waals surface area contributed by atoms with Gasteiger partial charge in [0.1, 0.15) is 0 Å². The molecule has 2 aromatic rings. The number of carbonyl (C=O) groups is 1. The third-order valence-corrected chi connectivity index (χ3v) is 2.51.